The number of allylic oxidation sites excluding steroid dienone is 1. The van der Waals surface area contributed by atoms with E-state index in [4.69, 9.17) is 4.42 Å². The second-order valence-corrected chi connectivity index (χ2v) is 5.60. The van der Waals surface area contributed by atoms with Crippen LogP contribution >= 0.6 is 0 Å². The van der Waals surface area contributed by atoms with Gasteiger partial charge in [-0.2, -0.15) is 5.10 Å². The van der Waals surface area contributed by atoms with E-state index < -0.39 is 0 Å². The molecule has 4 heteroatoms. The Kier molecular flexibility index (Phi) is 2.57. The van der Waals surface area contributed by atoms with Crippen LogP contribution in [0, 0.1) is 0 Å². The van der Waals surface area contributed by atoms with Gasteiger partial charge < -0.3 is 4.42 Å². The van der Waals surface area contributed by atoms with Crippen molar-refractivity contribution in [2.45, 2.75) is 18.8 Å². The van der Waals surface area contributed by atoms with Gasteiger partial charge in [0.1, 0.15) is 6.26 Å². The molecule has 1 aliphatic rings. The Morgan fingerprint density at radius 2 is 2.10 bits per heavy atom. The molecule has 0 radical (unpaired) electrons. The quantitative estimate of drug-likeness (QED) is 0.778. The zero-order chi connectivity index (χ0) is 14.3. The van der Waals surface area contributed by atoms with E-state index in [0.717, 1.165) is 23.4 Å². The van der Waals surface area contributed by atoms with Crippen LogP contribution in [0.25, 0.3) is 17.7 Å². The lowest BCUT2D eigenvalue weighted by Gasteiger charge is -2.29. The lowest BCUT2D eigenvalue weighted by molar-refractivity contribution is 0.571. The smallest absolute Gasteiger partial charge is 0.247 e. The number of nitrogens with one attached hydrogen (secondary N) is 1. The molecule has 0 spiro atoms. The molecule has 0 aliphatic heterocycles. The predicted molar refractivity (Wildman–Crippen MR) is 80.6 cm³/mol. The summed E-state index contributed by atoms with van der Waals surface area (Å²) in [4.78, 5) is 4.18. The molecule has 104 valence electrons. The molecule has 0 saturated carbocycles. The zero-order valence-corrected chi connectivity index (χ0v) is 11.7. The number of oxazole rings is 1. The molecule has 2 aromatic heterocycles. The monoisotopic (exact) mass is 277 g/mol. The number of rotatable bonds is 2. The zero-order valence-electron chi connectivity index (χ0n) is 11.7. The number of nitrogens with zero attached hydrogens (tertiary/aromatic N) is 2. The summed E-state index contributed by atoms with van der Waals surface area (Å²) in [6, 6.07) is 10.5. The third kappa shape index (κ3) is 1.91. The van der Waals surface area contributed by atoms with Gasteiger partial charge in [-0.05, 0) is 5.56 Å². The van der Waals surface area contributed by atoms with Crippen LogP contribution < -0.4 is 0 Å². The maximum absolute atomic E-state index is 5.35. The van der Waals surface area contributed by atoms with Gasteiger partial charge in [-0.3, -0.25) is 5.10 Å². The highest BCUT2D eigenvalue weighted by atomic mass is 16.3. The van der Waals surface area contributed by atoms with Gasteiger partial charge >= 0.3 is 0 Å². The fourth-order valence-corrected chi connectivity index (χ4v) is 2.92. The molecule has 3 aromatic rings. The highest BCUT2D eigenvalue weighted by Crippen LogP contribution is 2.37. The van der Waals surface area contributed by atoms with Crippen LogP contribution in [0.1, 0.15) is 23.7 Å². The summed E-state index contributed by atoms with van der Waals surface area (Å²) in [7, 11) is 0. The van der Waals surface area contributed by atoms with E-state index in [1.54, 1.807) is 12.5 Å². The van der Waals surface area contributed by atoms with Crippen molar-refractivity contribution in [3.8, 4) is 11.6 Å². The molecule has 4 nitrogen and oxygen atoms in total. The molecule has 4 rings (SSSR count). The van der Waals surface area contributed by atoms with Crippen molar-refractivity contribution in [1.82, 2.24) is 15.2 Å². The largest absolute Gasteiger partial charge is 0.443 e. The van der Waals surface area contributed by atoms with Crippen molar-refractivity contribution in [2.75, 3.05) is 0 Å². The van der Waals surface area contributed by atoms with Crippen LogP contribution in [0.2, 0.25) is 0 Å². The number of benzene rings is 1. The van der Waals surface area contributed by atoms with Crippen molar-refractivity contribution < 1.29 is 4.42 Å². The highest BCUT2D eigenvalue weighted by Gasteiger charge is 2.31. The Hall–Kier alpha value is -2.62. The number of H-pyrrole nitrogens is 1. The molecule has 1 unspecified atom stereocenters. The van der Waals surface area contributed by atoms with Gasteiger partial charge in [0.05, 0.1) is 6.20 Å². The number of hydrogen-bond acceptors (Lipinski definition) is 3. The number of hydrogen-bond donors (Lipinski definition) is 1. The van der Waals surface area contributed by atoms with E-state index in [1.807, 2.05) is 6.07 Å². The van der Waals surface area contributed by atoms with Gasteiger partial charge in [0.25, 0.3) is 0 Å². The van der Waals surface area contributed by atoms with Crippen LogP contribution in [0.15, 0.2) is 53.3 Å². The first-order valence-electron chi connectivity index (χ1n) is 6.98. The summed E-state index contributed by atoms with van der Waals surface area (Å²) >= 11 is 0. The first-order chi connectivity index (χ1) is 10.3. The Labute approximate surface area is 122 Å². The van der Waals surface area contributed by atoms with E-state index in [0.29, 0.717) is 5.89 Å². The summed E-state index contributed by atoms with van der Waals surface area (Å²) in [5.41, 5.74) is 4.26. The SMILES string of the molecule is CC1(c2ccccc2)C=Cc2c(-c3ncco3)n[nH]c2C1. The Balaban J connectivity index is 1.76. The average Bonchev–Trinajstić information content (AvgIpc) is 3.16. The topological polar surface area (TPSA) is 54.7 Å². The second-order valence-electron chi connectivity index (χ2n) is 5.60. The summed E-state index contributed by atoms with van der Waals surface area (Å²) < 4.78 is 5.35. The number of fused-ring (bicyclic) bond motifs is 1. The van der Waals surface area contributed by atoms with E-state index in [9.17, 15) is 0 Å². The molecule has 1 aliphatic carbocycles. The molecule has 2 heterocycles. The lowest BCUT2D eigenvalue weighted by Crippen LogP contribution is -2.25. The predicted octanol–water partition coefficient (Wildman–Crippen LogP) is 3.59. The molecule has 1 aromatic carbocycles. The fourth-order valence-electron chi connectivity index (χ4n) is 2.92. The van der Waals surface area contributed by atoms with Crippen molar-refractivity contribution in [1.29, 1.82) is 0 Å². The van der Waals surface area contributed by atoms with Gasteiger partial charge in [0.2, 0.25) is 5.89 Å². The Morgan fingerprint density at radius 3 is 2.86 bits per heavy atom. The first-order valence-corrected chi connectivity index (χ1v) is 6.98. The maximum atomic E-state index is 5.35. The minimum Gasteiger partial charge on any atom is -0.443 e. The maximum Gasteiger partial charge on any atom is 0.247 e. The summed E-state index contributed by atoms with van der Waals surface area (Å²) in [6.45, 7) is 2.24. The Morgan fingerprint density at radius 1 is 1.24 bits per heavy atom. The third-order valence-electron chi connectivity index (χ3n) is 4.11. The van der Waals surface area contributed by atoms with Crippen LogP contribution in [0.4, 0.5) is 0 Å². The van der Waals surface area contributed by atoms with Crippen LogP contribution in [0.5, 0.6) is 0 Å². The minimum absolute atomic E-state index is 0.0192. The Bertz CT molecular complexity index is 787. The van der Waals surface area contributed by atoms with Gasteiger partial charge in [-0.25, -0.2) is 4.98 Å². The van der Waals surface area contributed by atoms with E-state index in [-0.39, 0.29) is 5.41 Å². The highest BCUT2D eigenvalue weighted by molar-refractivity contribution is 5.71. The normalized spacial score (nSPS) is 20.4. The van der Waals surface area contributed by atoms with Gasteiger partial charge in [0.15, 0.2) is 5.69 Å². The summed E-state index contributed by atoms with van der Waals surface area (Å²) in [5.74, 6) is 0.556. The molecule has 0 amide bonds. The minimum atomic E-state index is -0.0192. The van der Waals surface area contributed by atoms with Crippen LogP contribution in [-0.4, -0.2) is 15.2 Å². The third-order valence-corrected chi connectivity index (χ3v) is 4.11. The van der Waals surface area contributed by atoms with Crippen molar-refractivity contribution in [3.05, 3.63) is 65.7 Å². The van der Waals surface area contributed by atoms with Crippen molar-refractivity contribution in [3.63, 3.8) is 0 Å². The summed E-state index contributed by atoms with van der Waals surface area (Å²) in [6.07, 6.45) is 8.45. The van der Waals surface area contributed by atoms with Gasteiger partial charge in [-0.15, -0.1) is 0 Å². The molecule has 0 fully saturated rings. The fraction of sp³-hybridized carbons (Fsp3) is 0.176. The number of aromatic nitrogens is 3. The second kappa shape index (κ2) is 4.45. The molecule has 0 saturated heterocycles. The summed E-state index contributed by atoms with van der Waals surface area (Å²) in [5, 5.41) is 7.51. The molecule has 1 N–H and O–H groups in total. The molecule has 0 bridgehead atoms. The lowest BCUT2D eigenvalue weighted by atomic mass is 9.75. The molecular weight excluding hydrogens is 262 g/mol. The van der Waals surface area contributed by atoms with Gasteiger partial charge in [0, 0.05) is 23.1 Å². The average molecular weight is 277 g/mol. The van der Waals surface area contributed by atoms with Crippen molar-refractivity contribution in [2.24, 2.45) is 0 Å². The molecular formula is C17H15N3O. The standard InChI is InChI=1S/C17H15N3O/c1-17(12-5-3-2-4-6-12)8-7-13-14(11-17)19-20-15(13)16-18-9-10-21-16/h2-10H,11H2,1H3,(H,19,20). The molecule has 21 heavy (non-hydrogen) atoms. The van der Waals surface area contributed by atoms with E-state index in [2.05, 4.69) is 58.5 Å². The van der Waals surface area contributed by atoms with Crippen LogP contribution in [-0.2, 0) is 11.8 Å². The van der Waals surface area contributed by atoms with E-state index >= 15 is 0 Å². The van der Waals surface area contributed by atoms with Gasteiger partial charge in [-0.1, -0.05) is 49.4 Å². The first kappa shape index (κ1) is 12.1. The molecule has 1 atom stereocenters. The van der Waals surface area contributed by atoms with Crippen LogP contribution in [0.3, 0.4) is 0 Å². The van der Waals surface area contributed by atoms with E-state index in [1.165, 1.54) is 5.56 Å². The van der Waals surface area contributed by atoms with Crippen molar-refractivity contribution >= 4 is 6.08 Å². The number of aromatic amines is 1.